The van der Waals surface area contributed by atoms with Crippen molar-refractivity contribution in [2.24, 2.45) is 11.8 Å². The smallest absolute Gasteiger partial charge is 0.407 e. The summed E-state index contributed by atoms with van der Waals surface area (Å²) in [6.45, 7) is 0.525. The van der Waals surface area contributed by atoms with E-state index in [4.69, 9.17) is 16.3 Å². The highest BCUT2D eigenvalue weighted by Crippen LogP contribution is 2.44. The zero-order chi connectivity index (χ0) is 24.5. The van der Waals surface area contributed by atoms with Crippen LogP contribution >= 0.6 is 11.6 Å². The van der Waals surface area contributed by atoms with Gasteiger partial charge in [0.2, 0.25) is 5.91 Å². The Balaban J connectivity index is 1.12. The lowest BCUT2D eigenvalue weighted by molar-refractivity contribution is -0.117. The fourth-order valence-electron chi connectivity index (χ4n) is 4.73. The van der Waals surface area contributed by atoms with Crippen LogP contribution in [-0.2, 0) is 9.53 Å². The third kappa shape index (κ3) is 4.59. The molecule has 0 spiro atoms. The summed E-state index contributed by atoms with van der Waals surface area (Å²) in [6.07, 6.45) is 0.0688. The van der Waals surface area contributed by atoms with Crippen LogP contribution in [-0.4, -0.2) is 36.2 Å². The van der Waals surface area contributed by atoms with E-state index in [0.717, 1.165) is 22.3 Å². The number of carbonyl (C=O) groups is 3. The van der Waals surface area contributed by atoms with E-state index in [0.29, 0.717) is 13.0 Å². The van der Waals surface area contributed by atoms with E-state index in [1.54, 1.807) is 6.07 Å². The monoisotopic (exact) mass is 490 g/mol. The number of nitrogens with one attached hydrogen (secondary N) is 2. The summed E-state index contributed by atoms with van der Waals surface area (Å²) in [5, 5.41) is 14.8. The number of benzene rings is 3. The van der Waals surface area contributed by atoms with Crippen LogP contribution in [0.2, 0.25) is 5.02 Å². The van der Waals surface area contributed by atoms with Crippen molar-refractivity contribution in [2.75, 3.05) is 18.5 Å². The Morgan fingerprint density at radius 3 is 2.26 bits per heavy atom. The summed E-state index contributed by atoms with van der Waals surface area (Å²) in [7, 11) is 0. The highest BCUT2D eigenvalue weighted by atomic mass is 35.5. The maximum atomic E-state index is 12.6. The van der Waals surface area contributed by atoms with Crippen LogP contribution in [0.25, 0.3) is 11.1 Å². The van der Waals surface area contributed by atoms with Crippen molar-refractivity contribution in [1.82, 2.24) is 5.32 Å². The Hall–Kier alpha value is -3.84. The van der Waals surface area contributed by atoms with Gasteiger partial charge in [0.05, 0.1) is 10.7 Å². The molecule has 0 aliphatic heterocycles. The van der Waals surface area contributed by atoms with Crippen molar-refractivity contribution >= 4 is 35.3 Å². The first-order chi connectivity index (χ1) is 16.9. The van der Waals surface area contributed by atoms with Gasteiger partial charge in [-0.3, -0.25) is 4.79 Å². The lowest BCUT2D eigenvalue weighted by Crippen LogP contribution is -2.29. The van der Waals surface area contributed by atoms with Gasteiger partial charge in [-0.2, -0.15) is 0 Å². The van der Waals surface area contributed by atoms with E-state index in [1.807, 2.05) is 24.3 Å². The summed E-state index contributed by atoms with van der Waals surface area (Å²) < 4.78 is 5.53. The normalized spacial score (nSPS) is 17.7. The molecule has 0 unspecified atom stereocenters. The van der Waals surface area contributed by atoms with Gasteiger partial charge >= 0.3 is 12.1 Å². The van der Waals surface area contributed by atoms with Crippen LogP contribution < -0.4 is 10.6 Å². The second kappa shape index (κ2) is 9.43. The maximum Gasteiger partial charge on any atom is 0.407 e. The average molecular weight is 491 g/mol. The molecule has 0 radical (unpaired) electrons. The largest absolute Gasteiger partial charge is 0.478 e. The minimum atomic E-state index is -1.21. The van der Waals surface area contributed by atoms with Crippen molar-refractivity contribution in [3.63, 3.8) is 0 Å². The number of carboxylic acid groups (broad SMARTS) is 1. The van der Waals surface area contributed by atoms with Crippen LogP contribution in [0.15, 0.2) is 66.7 Å². The van der Waals surface area contributed by atoms with Gasteiger partial charge in [-0.25, -0.2) is 9.59 Å². The molecule has 0 aromatic heterocycles. The van der Waals surface area contributed by atoms with Gasteiger partial charge < -0.3 is 20.5 Å². The third-order valence-electron chi connectivity index (χ3n) is 6.60. The second-order valence-corrected chi connectivity index (χ2v) is 9.17. The summed E-state index contributed by atoms with van der Waals surface area (Å²) in [5.74, 6) is -1.88. The van der Waals surface area contributed by atoms with E-state index in [9.17, 15) is 19.5 Å². The number of amides is 2. The molecule has 178 valence electrons. The quantitative estimate of drug-likeness (QED) is 0.424. The van der Waals surface area contributed by atoms with Crippen molar-refractivity contribution in [3.05, 3.63) is 88.4 Å². The third-order valence-corrected chi connectivity index (χ3v) is 6.91. The summed E-state index contributed by atoms with van der Waals surface area (Å²) in [4.78, 5) is 36.4. The number of fused-ring (bicyclic) bond motifs is 3. The van der Waals surface area contributed by atoms with E-state index < -0.39 is 12.1 Å². The van der Waals surface area contributed by atoms with Crippen molar-refractivity contribution in [3.8, 4) is 11.1 Å². The van der Waals surface area contributed by atoms with Crippen LogP contribution in [0.3, 0.4) is 0 Å². The van der Waals surface area contributed by atoms with E-state index in [2.05, 4.69) is 34.9 Å². The zero-order valence-corrected chi connectivity index (χ0v) is 19.4. The maximum absolute atomic E-state index is 12.6. The molecule has 3 aromatic carbocycles. The molecule has 1 fully saturated rings. The molecule has 35 heavy (non-hydrogen) atoms. The van der Waals surface area contributed by atoms with Gasteiger partial charge in [0, 0.05) is 18.4 Å². The first-order valence-corrected chi connectivity index (χ1v) is 11.7. The Bertz CT molecular complexity index is 1280. The zero-order valence-electron chi connectivity index (χ0n) is 18.7. The molecule has 0 saturated heterocycles. The number of hydrogen-bond donors (Lipinski definition) is 3. The first kappa shape index (κ1) is 22.9. The van der Waals surface area contributed by atoms with Crippen LogP contribution in [0.1, 0.15) is 33.8 Å². The molecule has 5 rings (SSSR count). The number of carboxylic acids is 1. The predicted molar refractivity (Wildman–Crippen MR) is 132 cm³/mol. The first-order valence-electron chi connectivity index (χ1n) is 11.4. The summed E-state index contributed by atoms with van der Waals surface area (Å²) in [6, 6.07) is 20.8. The van der Waals surface area contributed by atoms with Gasteiger partial charge in [-0.15, -0.1) is 0 Å². The minimum Gasteiger partial charge on any atom is -0.478 e. The lowest BCUT2D eigenvalue weighted by atomic mass is 9.98. The van der Waals surface area contributed by atoms with Crippen molar-refractivity contribution in [2.45, 2.75) is 12.3 Å². The lowest BCUT2D eigenvalue weighted by Gasteiger charge is -2.14. The van der Waals surface area contributed by atoms with Crippen molar-refractivity contribution in [1.29, 1.82) is 0 Å². The molecule has 8 heteroatoms. The molecule has 2 amide bonds. The highest BCUT2D eigenvalue weighted by molar-refractivity contribution is 6.34. The summed E-state index contributed by atoms with van der Waals surface area (Å²) >= 11 is 5.96. The number of rotatable bonds is 7. The van der Waals surface area contributed by atoms with Crippen molar-refractivity contribution < 1.29 is 24.2 Å². The van der Waals surface area contributed by atoms with Gasteiger partial charge in [-0.05, 0) is 46.7 Å². The number of ether oxygens (including phenoxy) is 1. The molecule has 3 aromatic rings. The molecule has 0 bridgehead atoms. The Kier molecular flexibility index (Phi) is 6.17. The fraction of sp³-hybridized carbons (Fsp3) is 0.222. The molecule has 2 aliphatic rings. The number of halogens is 1. The van der Waals surface area contributed by atoms with Gasteiger partial charge in [0.25, 0.3) is 0 Å². The number of hydrogen-bond acceptors (Lipinski definition) is 4. The Morgan fingerprint density at radius 2 is 1.60 bits per heavy atom. The Morgan fingerprint density at radius 1 is 0.943 bits per heavy atom. The number of anilines is 1. The van der Waals surface area contributed by atoms with E-state index in [1.165, 1.54) is 12.1 Å². The number of alkyl carbamates (subject to hydrolysis) is 1. The Labute approximate surface area is 207 Å². The van der Waals surface area contributed by atoms with E-state index in [-0.39, 0.29) is 46.5 Å². The molecular formula is C27H23ClN2O5. The molecule has 2 atom stereocenters. The summed E-state index contributed by atoms with van der Waals surface area (Å²) in [5.41, 5.74) is 4.62. The van der Waals surface area contributed by atoms with Crippen LogP contribution in [0.4, 0.5) is 10.5 Å². The SMILES string of the molecule is O=C(NC[C@@H]1C[C@@H]1C(=O)Nc1cccc(Cl)c1C(=O)O)OCC1c2ccccc2-c2ccccc21. The highest BCUT2D eigenvalue weighted by Gasteiger charge is 2.43. The molecular weight excluding hydrogens is 468 g/mol. The molecule has 7 nitrogen and oxygen atoms in total. The number of carbonyl (C=O) groups excluding carboxylic acids is 2. The van der Waals surface area contributed by atoms with Gasteiger partial charge in [-0.1, -0.05) is 66.2 Å². The topological polar surface area (TPSA) is 105 Å². The minimum absolute atomic E-state index is 0.0197. The molecule has 1 saturated carbocycles. The number of aromatic carboxylic acids is 1. The predicted octanol–water partition coefficient (Wildman–Crippen LogP) is 5.15. The van der Waals surface area contributed by atoms with Gasteiger partial charge in [0.1, 0.15) is 12.2 Å². The standard InChI is InChI=1S/C27H23ClN2O5/c28-22-10-5-11-23(24(22)26(32)33)30-25(31)20-12-15(20)13-29-27(34)35-14-21-18-8-3-1-6-16(18)17-7-2-4-9-19(17)21/h1-11,15,20-21H,12-14H2,(H,29,34)(H,30,31)(H,32,33)/t15-,20-/m0/s1. The van der Waals surface area contributed by atoms with Crippen LogP contribution in [0, 0.1) is 11.8 Å². The van der Waals surface area contributed by atoms with E-state index >= 15 is 0 Å². The second-order valence-electron chi connectivity index (χ2n) is 8.77. The van der Waals surface area contributed by atoms with Gasteiger partial charge in [0.15, 0.2) is 0 Å². The fourth-order valence-corrected chi connectivity index (χ4v) is 4.98. The average Bonchev–Trinajstić information content (AvgIpc) is 3.56. The molecule has 3 N–H and O–H groups in total. The van der Waals surface area contributed by atoms with Crippen LogP contribution in [0.5, 0.6) is 0 Å². The molecule has 2 aliphatic carbocycles. The molecule has 0 heterocycles.